The number of hydrogen-bond acceptors (Lipinski definition) is 2. The predicted molar refractivity (Wildman–Crippen MR) is 69.9 cm³/mol. The first-order valence-electron chi connectivity index (χ1n) is 7.05. The van der Waals surface area contributed by atoms with Gasteiger partial charge in [0.2, 0.25) is 11.8 Å². The molecule has 2 rings (SSSR count). The minimum atomic E-state index is -0.329. The molecule has 0 aromatic rings. The van der Waals surface area contributed by atoms with Crippen LogP contribution in [0.15, 0.2) is 0 Å². The first-order valence-corrected chi connectivity index (χ1v) is 7.05. The molecule has 1 saturated carbocycles. The number of piperazine rings is 1. The summed E-state index contributed by atoms with van der Waals surface area (Å²) in [5.41, 5.74) is 0. The second-order valence-electron chi connectivity index (χ2n) is 6.29. The van der Waals surface area contributed by atoms with E-state index in [-0.39, 0.29) is 30.3 Å². The fourth-order valence-corrected chi connectivity index (χ4v) is 3.14. The molecule has 0 aromatic carbocycles. The third-order valence-corrected chi connectivity index (χ3v) is 4.18. The van der Waals surface area contributed by atoms with Gasteiger partial charge in [-0.3, -0.25) is 9.59 Å². The fourth-order valence-electron chi connectivity index (χ4n) is 3.14. The third-order valence-electron chi connectivity index (χ3n) is 4.18. The molecule has 4 nitrogen and oxygen atoms in total. The van der Waals surface area contributed by atoms with Gasteiger partial charge in [-0.2, -0.15) is 0 Å². The highest BCUT2D eigenvalue weighted by Crippen LogP contribution is 2.31. The van der Waals surface area contributed by atoms with E-state index in [9.17, 15) is 9.59 Å². The molecule has 3 unspecified atom stereocenters. The molecule has 1 N–H and O–H groups in total. The molecule has 2 aliphatic rings. The van der Waals surface area contributed by atoms with E-state index >= 15 is 0 Å². The van der Waals surface area contributed by atoms with Crippen molar-refractivity contribution in [1.29, 1.82) is 0 Å². The largest absolute Gasteiger partial charge is 0.343 e. The van der Waals surface area contributed by atoms with Gasteiger partial charge in [0, 0.05) is 6.54 Å². The van der Waals surface area contributed by atoms with Crippen molar-refractivity contribution >= 4 is 11.8 Å². The molecule has 1 aliphatic heterocycles. The number of hydrogen-bond donors (Lipinski definition) is 1. The molecule has 0 radical (unpaired) electrons. The molecule has 102 valence electrons. The lowest BCUT2D eigenvalue weighted by Gasteiger charge is -2.35. The summed E-state index contributed by atoms with van der Waals surface area (Å²) in [6.07, 6.45) is 3.64. The first kappa shape index (κ1) is 13.4. The zero-order chi connectivity index (χ0) is 13.3. The van der Waals surface area contributed by atoms with E-state index < -0.39 is 0 Å². The van der Waals surface area contributed by atoms with Gasteiger partial charge in [-0.05, 0) is 30.6 Å². The van der Waals surface area contributed by atoms with Gasteiger partial charge in [0.15, 0.2) is 0 Å². The van der Waals surface area contributed by atoms with Crippen molar-refractivity contribution in [2.24, 2.45) is 17.8 Å². The van der Waals surface area contributed by atoms with Crippen molar-refractivity contribution in [2.75, 3.05) is 13.1 Å². The lowest BCUT2D eigenvalue weighted by Crippen LogP contribution is -2.60. The van der Waals surface area contributed by atoms with Gasteiger partial charge in [0.1, 0.15) is 6.04 Å². The molecule has 1 heterocycles. The molecule has 0 spiro atoms. The van der Waals surface area contributed by atoms with Gasteiger partial charge in [-0.25, -0.2) is 0 Å². The molecule has 1 saturated heterocycles. The Labute approximate surface area is 109 Å². The van der Waals surface area contributed by atoms with Gasteiger partial charge in [0.25, 0.3) is 0 Å². The van der Waals surface area contributed by atoms with Crippen LogP contribution in [0.3, 0.4) is 0 Å². The maximum absolute atomic E-state index is 12.3. The van der Waals surface area contributed by atoms with Crippen LogP contribution in [0.4, 0.5) is 0 Å². The van der Waals surface area contributed by atoms with E-state index in [2.05, 4.69) is 12.2 Å². The average Bonchev–Trinajstić information content (AvgIpc) is 2.68. The van der Waals surface area contributed by atoms with Gasteiger partial charge >= 0.3 is 0 Å². The van der Waals surface area contributed by atoms with Crippen LogP contribution in [0.25, 0.3) is 0 Å². The number of carbonyl (C=O) groups excluding carboxylic acids is 2. The van der Waals surface area contributed by atoms with E-state index in [0.29, 0.717) is 5.92 Å². The lowest BCUT2D eigenvalue weighted by atomic mass is 9.99. The Morgan fingerprint density at radius 2 is 2.06 bits per heavy atom. The van der Waals surface area contributed by atoms with Crippen LogP contribution in [0, 0.1) is 17.8 Å². The minimum Gasteiger partial charge on any atom is -0.343 e. The number of carbonyl (C=O) groups is 2. The van der Waals surface area contributed by atoms with Crippen LogP contribution in [-0.4, -0.2) is 35.8 Å². The molecular formula is C14H24N2O2. The Morgan fingerprint density at radius 1 is 1.33 bits per heavy atom. The summed E-state index contributed by atoms with van der Waals surface area (Å²) in [4.78, 5) is 25.7. The molecule has 2 fully saturated rings. The number of rotatable bonds is 3. The molecule has 0 aromatic heterocycles. The van der Waals surface area contributed by atoms with Gasteiger partial charge < -0.3 is 10.2 Å². The standard InChI is InChI=1S/C14H24N2O2/c1-9(2)13-14(18)16(8-12(17)15-13)7-11-5-4-10(3)6-11/h9-11,13H,4-8H2,1-3H3,(H,15,17). The van der Waals surface area contributed by atoms with Gasteiger partial charge in [0.05, 0.1) is 6.54 Å². The molecule has 3 atom stereocenters. The molecular weight excluding hydrogens is 228 g/mol. The summed E-state index contributed by atoms with van der Waals surface area (Å²) in [6, 6.07) is -0.329. The van der Waals surface area contributed by atoms with Crippen molar-refractivity contribution in [3.63, 3.8) is 0 Å². The van der Waals surface area contributed by atoms with E-state index in [4.69, 9.17) is 0 Å². The maximum Gasteiger partial charge on any atom is 0.245 e. The maximum atomic E-state index is 12.3. The quantitative estimate of drug-likeness (QED) is 0.825. The first-order chi connectivity index (χ1) is 8.47. The van der Waals surface area contributed by atoms with E-state index in [1.54, 1.807) is 4.90 Å². The Bertz CT molecular complexity index is 341. The van der Waals surface area contributed by atoms with Crippen LogP contribution >= 0.6 is 0 Å². The highest BCUT2D eigenvalue weighted by molar-refractivity contribution is 5.94. The zero-order valence-electron chi connectivity index (χ0n) is 11.6. The van der Waals surface area contributed by atoms with Crippen LogP contribution in [0.2, 0.25) is 0 Å². The van der Waals surface area contributed by atoms with Crippen molar-refractivity contribution in [3.8, 4) is 0 Å². The van der Waals surface area contributed by atoms with Crippen molar-refractivity contribution in [1.82, 2.24) is 10.2 Å². The smallest absolute Gasteiger partial charge is 0.245 e. The molecule has 1 aliphatic carbocycles. The average molecular weight is 252 g/mol. The number of amides is 2. The number of nitrogens with one attached hydrogen (secondary N) is 1. The van der Waals surface area contributed by atoms with Crippen molar-refractivity contribution in [3.05, 3.63) is 0 Å². The lowest BCUT2D eigenvalue weighted by molar-refractivity contribution is -0.146. The Morgan fingerprint density at radius 3 is 2.61 bits per heavy atom. The van der Waals surface area contributed by atoms with E-state index in [0.717, 1.165) is 12.5 Å². The highest BCUT2D eigenvalue weighted by Gasteiger charge is 2.36. The SMILES string of the molecule is CC1CCC(CN2CC(=O)NC(C(C)C)C2=O)C1. The van der Waals surface area contributed by atoms with Crippen LogP contribution < -0.4 is 5.32 Å². The summed E-state index contributed by atoms with van der Waals surface area (Å²) >= 11 is 0. The predicted octanol–water partition coefficient (Wildman–Crippen LogP) is 1.41. The van der Waals surface area contributed by atoms with E-state index in [1.807, 2.05) is 13.8 Å². The summed E-state index contributed by atoms with van der Waals surface area (Å²) in [5, 5.41) is 2.80. The monoisotopic (exact) mass is 252 g/mol. The summed E-state index contributed by atoms with van der Waals surface area (Å²) in [6.45, 7) is 7.22. The second-order valence-corrected chi connectivity index (χ2v) is 6.29. The molecule has 2 amide bonds. The van der Waals surface area contributed by atoms with Gasteiger partial charge in [-0.1, -0.05) is 27.2 Å². The number of nitrogens with zero attached hydrogens (tertiary/aromatic N) is 1. The normalized spacial score (nSPS) is 33.1. The zero-order valence-corrected chi connectivity index (χ0v) is 11.6. The van der Waals surface area contributed by atoms with Crippen LogP contribution in [0.1, 0.15) is 40.0 Å². The van der Waals surface area contributed by atoms with Crippen LogP contribution in [0.5, 0.6) is 0 Å². The Hall–Kier alpha value is -1.06. The molecule has 18 heavy (non-hydrogen) atoms. The van der Waals surface area contributed by atoms with Crippen LogP contribution in [-0.2, 0) is 9.59 Å². The molecule has 0 bridgehead atoms. The minimum absolute atomic E-state index is 0.0145. The Balaban J connectivity index is 1.98. The topological polar surface area (TPSA) is 49.4 Å². The summed E-state index contributed by atoms with van der Waals surface area (Å²) in [5.74, 6) is 1.60. The third kappa shape index (κ3) is 2.85. The van der Waals surface area contributed by atoms with Crippen molar-refractivity contribution < 1.29 is 9.59 Å². The summed E-state index contributed by atoms with van der Waals surface area (Å²) in [7, 11) is 0. The molecule has 4 heteroatoms. The Kier molecular flexibility index (Phi) is 3.93. The van der Waals surface area contributed by atoms with Gasteiger partial charge in [-0.15, -0.1) is 0 Å². The fraction of sp³-hybridized carbons (Fsp3) is 0.857. The highest BCUT2D eigenvalue weighted by atomic mass is 16.2. The second kappa shape index (κ2) is 5.29. The van der Waals surface area contributed by atoms with E-state index in [1.165, 1.54) is 19.3 Å². The van der Waals surface area contributed by atoms with Crippen molar-refractivity contribution in [2.45, 2.75) is 46.1 Å². The summed E-state index contributed by atoms with van der Waals surface area (Å²) < 4.78 is 0.